The monoisotopic (exact) mass is 835 g/mol. The largest absolute Gasteiger partial charge is 0.311 e. The lowest BCUT2D eigenvalue weighted by molar-refractivity contribution is 1.18. The van der Waals surface area contributed by atoms with Crippen LogP contribution in [-0.4, -0.2) is 4.57 Å². The van der Waals surface area contributed by atoms with E-state index in [9.17, 15) is 0 Å². The summed E-state index contributed by atoms with van der Waals surface area (Å²) in [5.41, 5.74) is 15.0. The van der Waals surface area contributed by atoms with E-state index in [1.165, 1.54) is 53.1 Å². The van der Waals surface area contributed by atoms with Crippen LogP contribution in [0.15, 0.2) is 249 Å². The quantitative estimate of drug-likeness (QED) is 0.143. The number of hydrogen-bond acceptors (Lipinski definition) is 3. The molecule has 2 heterocycles. The molecule has 12 rings (SSSR count). The van der Waals surface area contributed by atoms with Gasteiger partial charge in [0.1, 0.15) is 0 Å². The maximum atomic E-state index is 2.39. The van der Waals surface area contributed by atoms with Crippen LogP contribution in [0.3, 0.4) is 0 Å². The van der Waals surface area contributed by atoms with Gasteiger partial charge in [-0.2, -0.15) is 0 Å². The highest BCUT2D eigenvalue weighted by molar-refractivity contribution is 7.26. The van der Waals surface area contributed by atoms with E-state index in [2.05, 4.69) is 263 Å². The number of nitrogens with zero attached hydrogens (tertiary/aromatic N) is 3. The molecule has 0 aliphatic heterocycles. The third-order valence-electron chi connectivity index (χ3n) is 12.4. The normalized spacial score (nSPS) is 11.4. The zero-order chi connectivity index (χ0) is 42.4. The predicted octanol–water partition coefficient (Wildman–Crippen LogP) is 17.4. The summed E-state index contributed by atoms with van der Waals surface area (Å²) in [6, 6.07) is 89.9. The third kappa shape index (κ3) is 6.60. The van der Waals surface area contributed by atoms with Crippen molar-refractivity contribution in [1.29, 1.82) is 0 Å². The van der Waals surface area contributed by atoms with Gasteiger partial charge >= 0.3 is 0 Å². The van der Waals surface area contributed by atoms with Gasteiger partial charge in [-0.25, -0.2) is 0 Å². The maximum Gasteiger partial charge on any atom is 0.0542 e. The molecule has 0 saturated heterocycles. The van der Waals surface area contributed by atoms with Crippen molar-refractivity contribution in [3.05, 3.63) is 249 Å². The number of hydrogen-bond donors (Lipinski definition) is 0. The summed E-state index contributed by atoms with van der Waals surface area (Å²) in [4.78, 5) is 4.69. The van der Waals surface area contributed by atoms with Gasteiger partial charge < -0.3 is 14.4 Å². The summed E-state index contributed by atoms with van der Waals surface area (Å²) >= 11 is 1.87. The molecule has 2 aromatic heterocycles. The SMILES string of the molecule is c1ccc(N(c2ccccc2)c2ccc(-c3ccc(N(c4ccc(-c5cccc6c5sc5ccccc56)cc4)c4ccc5c(c4)c4ccccc4n5-c4ccccc4)cc3)cc2)cc1. The van der Waals surface area contributed by atoms with E-state index in [0.29, 0.717) is 0 Å². The second-order valence-electron chi connectivity index (χ2n) is 16.2. The van der Waals surface area contributed by atoms with Gasteiger partial charge in [0.15, 0.2) is 0 Å². The lowest BCUT2D eigenvalue weighted by Crippen LogP contribution is -2.10. The first-order valence-electron chi connectivity index (χ1n) is 21.8. The minimum absolute atomic E-state index is 1.09. The summed E-state index contributed by atoms with van der Waals surface area (Å²) in [6.07, 6.45) is 0. The van der Waals surface area contributed by atoms with Crippen molar-refractivity contribution < 1.29 is 0 Å². The van der Waals surface area contributed by atoms with Crippen molar-refractivity contribution >= 4 is 87.4 Å². The molecule has 4 heteroatoms. The number of benzene rings is 10. The molecule has 3 nitrogen and oxygen atoms in total. The first kappa shape index (κ1) is 37.6. The molecule has 0 atom stereocenters. The Morgan fingerprint density at radius 1 is 0.297 bits per heavy atom. The number of anilines is 6. The Morgan fingerprint density at radius 3 is 1.38 bits per heavy atom. The van der Waals surface area contributed by atoms with Crippen molar-refractivity contribution in [1.82, 2.24) is 4.57 Å². The van der Waals surface area contributed by atoms with Crippen molar-refractivity contribution in [3.63, 3.8) is 0 Å². The Morgan fingerprint density at radius 2 is 0.750 bits per heavy atom. The average Bonchev–Trinajstić information content (AvgIpc) is 3.92. The summed E-state index contributed by atoms with van der Waals surface area (Å²) in [7, 11) is 0. The topological polar surface area (TPSA) is 11.4 Å². The molecule has 0 spiro atoms. The van der Waals surface area contributed by atoms with E-state index >= 15 is 0 Å². The van der Waals surface area contributed by atoms with E-state index in [4.69, 9.17) is 0 Å². The van der Waals surface area contributed by atoms with Crippen LogP contribution in [0.5, 0.6) is 0 Å². The van der Waals surface area contributed by atoms with Gasteiger partial charge in [-0.05, 0) is 125 Å². The van der Waals surface area contributed by atoms with Crippen LogP contribution in [0.1, 0.15) is 0 Å². The Bertz CT molecular complexity index is 3540. The Hall–Kier alpha value is -8.18. The summed E-state index contributed by atoms with van der Waals surface area (Å²) in [5.74, 6) is 0. The van der Waals surface area contributed by atoms with Crippen LogP contribution >= 0.6 is 11.3 Å². The number of fused-ring (bicyclic) bond motifs is 6. The lowest BCUT2D eigenvalue weighted by atomic mass is 10.0. The Kier molecular flexibility index (Phi) is 9.36. The molecular weight excluding hydrogens is 795 g/mol. The standard InChI is InChI=1S/C60H41N3S/c1-4-15-45(16-5-1)61(46-17-6-2-7-18-46)48-33-27-42(28-34-48)43-29-35-49(36-30-43)62(50-37-31-44(32-38-50)52-23-14-24-55-54-22-11-13-26-59(54)64-60(52)55)51-39-40-58-56(41-51)53-21-10-12-25-57(53)63(58)47-19-8-3-9-20-47/h1-41H. The van der Waals surface area contributed by atoms with Crippen molar-refractivity contribution in [3.8, 4) is 27.9 Å². The molecule has 0 saturated carbocycles. The molecule has 0 fully saturated rings. The third-order valence-corrected chi connectivity index (χ3v) is 13.6. The predicted molar refractivity (Wildman–Crippen MR) is 274 cm³/mol. The molecule has 0 aliphatic carbocycles. The van der Waals surface area contributed by atoms with Crippen LogP contribution in [0, 0.1) is 0 Å². The average molecular weight is 836 g/mol. The number of thiophene rings is 1. The summed E-state index contributed by atoms with van der Waals surface area (Å²) in [6.45, 7) is 0. The number of aromatic nitrogens is 1. The van der Waals surface area contributed by atoms with E-state index < -0.39 is 0 Å². The number of rotatable bonds is 9. The van der Waals surface area contributed by atoms with E-state index in [0.717, 1.165) is 50.9 Å². The second kappa shape index (κ2) is 15.9. The van der Waals surface area contributed by atoms with Crippen LogP contribution in [0.4, 0.5) is 34.1 Å². The molecule has 302 valence electrons. The van der Waals surface area contributed by atoms with Crippen LogP contribution in [0.25, 0.3) is 69.9 Å². The Labute approximate surface area is 376 Å². The first-order chi connectivity index (χ1) is 31.7. The molecule has 0 N–H and O–H groups in total. The van der Waals surface area contributed by atoms with Crippen LogP contribution in [-0.2, 0) is 0 Å². The molecule has 64 heavy (non-hydrogen) atoms. The van der Waals surface area contributed by atoms with Crippen molar-refractivity contribution in [2.24, 2.45) is 0 Å². The molecule has 0 bridgehead atoms. The molecule has 0 amide bonds. The minimum Gasteiger partial charge on any atom is -0.311 e. The van der Waals surface area contributed by atoms with Crippen LogP contribution < -0.4 is 9.80 Å². The van der Waals surface area contributed by atoms with Gasteiger partial charge in [0.25, 0.3) is 0 Å². The van der Waals surface area contributed by atoms with Crippen LogP contribution in [0.2, 0.25) is 0 Å². The molecule has 12 aromatic rings. The summed E-state index contributed by atoms with van der Waals surface area (Å²) < 4.78 is 5.02. The van der Waals surface area contributed by atoms with Gasteiger partial charge in [-0.3, -0.25) is 0 Å². The highest BCUT2D eigenvalue weighted by atomic mass is 32.1. The van der Waals surface area contributed by atoms with Gasteiger partial charge in [-0.1, -0.05) is 146 Å². The Balaban J connectivity index is 0.946. The first-order valence-corrected chi connectivity index (χ1v) is 22.6. The van der Waals surface area contributed by atoms with E-state index in [1.54, 1.807) is 0 Å². The maximum absolute atomic E-state index is 2.39. The number of para-hydroxylation sites is 4. The molecule has 10 aromatic carbocycles. The van der Waals surface area contributed by atoms with E-state index in [-0.39, 0.29) is 0 Å². The molecule has 0 aliphatic rings. The summed E-state index contributed by atoms with van der Waals surface area (Å²) in [5, 5.41) is 5.07. The van der Waals surface area contributed by atoms with E-state index in [1.807, 2.05) is 11.3 Å². The zero-order valence-electron chi connectivity index (χ0n) is 34.9. The second-order valence-corrected chi connectivity index (χ2v) is 17.2. The van der Waals surface area contributed by atoms with Crippen molar-refractivity contribution in [2.75, 3.05) is 9.80 Å². The highest BCUT2D eigenvalue weighted by Gasteiger charge is 2.19. The molecule has 0 radical (unpaired) electrons. The fourth-order valence-corrected chi connectivity index (χ4v) is 10.6. The fraction of sp³-hybridized carbons (Fsp3) is 0. The van der Waals surface area contributed by atoms with Crippen molar-refractivity contribution in [2.45, 2.75) is 0 Å². The van der Waals surface area contributed by atoms with Gasteiger partial charge in [0, 0.05) is 70.8 Å². The zero-order valence-corrected chi connectivity index (χ0v) is 35.7. The van der Waals surface area contributed by atoms with Gasteiger partial charge in [0.2, 0.25) is 0 Å². The highest BCUT2D eigenvalue weighted by Crippen LogP contribution is 2.44. The van der Waals surface area contributed by atoms with Gasteiger partial charge in [-0.15, -0.1) is 11.3 Å². The lowest BCUT2D eigenvalue weighted by Gasteiger charge is -2.26. The molecule has 0 unspecified atom stereocenters. The smallest absolute Gasteiger partial charge is 0.0542 e. The van der Waals surface area contributed by atoms with Gasteiger partial charge in [0.05, 0.1) is 11.0 Å². The molecular formula is C60H41N3S. The minimum atomic E-state index is 1.09. The fourth-order valence-electron chi connectivity index (χ4n) is 9.37.